The fourth-order valence-electron chi connectivity index (χ4n) is 4.28. The Balaban J connectivity index is 1.66. The van der Waals surface area contributed by atoms with Crippen molar-refractivity contribution in [3.05, 3.63) is 125 Å². The normalized spacial score (nSPS) is 12.6. The third-order valence-electron chi connectivity index (χ3n) is 6.39. The van der Waals surface area contributed by atoms with Crippen LogP contribution in [0.25, 0.3) is 0 Å². The molecule has 8 heteroatoms. The van der Waals surface area contributed by atoms with Gasteiger partial charge in [-0.15, -0.1) is 0 Å². The quantitative estimate of drug-likeness (QED) is 0.195. The molecule has 0 fully saturated rings. The van der Waals surface area contributed by atoms with Crippen LogP contribution in [0.5, 0.6) is 11.5 Å². The molecule has 0 aromatic heterocycles. The van der Waals surface area contributed by atoms with E-state index < -0.39 is 28.4 Å². The van der Waals surface area contributed by atoms with Crippen LogP contribution in [0.3, 0.4) is 0 Å². The van der Waals surface area contributed by atoms with E-state index in [0.29, 0.717) is 11.5 Å². The molecule has 39 heavy (non-hydrogen) atoms. The third kappa shape index (κ3) is 6.49. The summed E-state index contributed by atoms with van der Waals surface area (Å²) in [6.45, 7) is 1.19. The van der Waals surface area contributed by atoms with Crippen molar-refractivity contribution in [1.29, 1.82) is 0 Å². The fraction of sp³-hybridized carbons (Fsp3) is 0.226. The number of hydrogen-bond donors (Lipinski definition) is 1. The van der Waals surface area contributed by atoms with E-state index in [9.17, 15) is 13.5 Å². The van der Waals surface area contributed by atoms with Gasteiger partial charge in [0.2, 0.25) is 0 Å². The van der Waals surface area contributed by atoms with Crippen LogP contribution in [0.1, 0.15) is 22.3 Å². The molecule has 0 saturated heterocycles. The van der Waals surface area contributed by atoms with E-state index in [1.165, 1.54) is 12.1 Å². The molecular weight excluding hydrogens is 516 g/mol. The molecule has 4 aromatic rings. The van der Waals surface area contributed by atoms with Gasteiger partial charge in [0.05, 0.1) is 32.3 Å². The number of ether oxygens (including phenoxy) is 3. The van der Waals surface area contributed by atoms with Gasteiger partial charge in [-0.3, -0.25) is 4.18 Å². The lowest BCUT2D eigenvalue weighted by molar-refractivity contribution is -0.0488. The fourth-order valence-corrected chi connectivity index (χ4v) is 5.23. The molecule has 4 rings (SSSR count). The number of rotatable bonds is 12. The molecule has 0 heterocycles. The monoisotopic (exact) mass is 548 g/mol. The van der Waals surface area contributed by atoms with Gasteiger partial charge in [0.15, 0.2) is 0 Å². The minimum atomic E-state index is -4.04. The van der Waals surface area contributed by atoms with Gasteiger partial charge < -0.3 is 19.3 Å². The third-order valence-corrected chi connectivity index (χ3v) is 7.69. The lowest BCUT2D eigenvalue weighted by Gasteiger charge is -2.36. The zero-order valence-electron chi connectivity index (χ0n) is 22.1. The summed E-state index contributed by atoms with van der Waals surface area (Å²) in [5, 5.41) is 10.8. The Morgan fingerprint density at radius 1 is 0.692 bits per heavy atom. The van der Waals surface area contributed by atoms with Crippen LogP contribution >= 0.6 is 0 Å². The molecule has 0 aliphatic rings. The summed E-state index contributed by atoms with van der Waals surface area (Å²) in [6.07, 6.45) is -1.23. The van der Waals surface area contributed by atoms with Crippen LogP contribution in [-0.2, 0) is 24.6 Å². The molecule has 4 aromatic carbocycles. The summed E-state index contributed by atoms with van der Waals surface area (Å²) in [5.74, 6) is 1.37. The number of aryl methyl sites for hydroxylation is 1. The van der Waals surface area contributed by atoms with Crippen LogP contribution in [-0.4, -0.2) is 47.1 Å². The van der Waals surface area contributed by atoms with E-state index >= 15 is 0 Å². The van der Waals surface area contributed by atoms with Gasteiger partial charge in [-0.05, 0) is 60.0 Å². The van der Waals surface area contributed by atoms with Crippen molar-refractivity contribution in [3.8, 4) is 11.5 Å². The van der Waals surface area contributed by atoms with Crippen molar-refractivity contribution >= 4 is 10.1 Å². The van der Waals surface area contributed by atoms with E-state index in [-0.39, 0.29) is 11.5 Å². The van der Waals surface area contributed by atoms with Crippen LogP contribution in [0.15, 0.2) is 108 Å². The van der Waals surface area contributed by atoms with E-state index in [0.717, 1.165) is 22.3 Å². The Morgan fingerprint density at radius 2 is 1.18 bits per heavy atom. The average molecular weight is 549 g/mol. The summed E-state index contributed by atoms with van der Waals surface area (Å²) in [7, 11) is -0.846. The van der Waals surface area contributed by atoms with Crippen molar-refractivity contribution in [3.63, 3.8) is 0 Å². The molecule has 1 N–H and O–H groups in total. The average Bonchev–Trinajstić information content (AvgIpc) is 2.98. The van der Waals surface area contributed by atoms with Gasteiger partial charge in [-0.25, -0.2) is 0 Å². The Labute approximate surface area is 229 Å². The molecule has 7 nitrogen and oxygen atoms in total. The topological polar surface area (TPSA) is 91.3 Å². The zero-order valence-corrected chi connectivity index (χ0v) is 22.9. The van der Waals surface area contributed by atoms with E-state index in [1.807, 2.05) is 85.8 Å². The number of methoxy groups -OCH3 is 2. The smallest absolute Gasteiger partial charge is 0.297 e. The maximum Gasteiger partial charge on any atom is 0.297 e. The standard InChI is InChI=1S/C31H32O7S/c1-23-9-19-30(20-10-23)39(33,34)38-22-27(32)21-37-31(24-7-5-4-6-8-24,25-11-15-28(35-2)16-12-25)26-13-17-29(36-3)18-14-26/h4-20,27,32H,21-22H2,1-3H3. The Hall–Kier alpha value is -3.69. The van der Waals surface area contributed by atoms with Crippen molar-refractivity contribution in [2.24, 2.45) is 0 Å². The molecule has 204 valence electrons. The van der Waals surface area contributed by atoms with Gasteiger partial charge >= 0.3 is 0 Å². The highest BCUT2D eigenvalue weighted by Crippen LogP contribution is 2.41. The summed E-state index contributed by atoms with van der Waals surface area (Å²) in [6, 6.07) is 30.9. The Morgan fingerprint density at radius 3 is 1.67 bits per heavy atom. The molecular formula is C31H32O7S. The lowest BCUT2D eigenvalue weighted by Crippen LogP contribution is -2.37. The van der Waals surface area contributed by atoms with Gasteiger partial charge in [0.25, 0.3) is 10.1 Å². The van der Waals surface area contributed by atoms with Crippen molar-refractivity contribution < 1.29 is 31.9 Å². The first kappa shape index (κ1) is 28.3. The first-order valence-electron chi connectivity index (χ1n) is 12.4. The molecule has 0 aliphatic heterocycles. The van der Waals surface area contributed by atoms with Crippen molar-refractivity contribution in [1.82, 2.24) is 0 Å². The highest BCUT2D eigenvalue weighted by Gasteiger charge is 2.38. The number of aliphatic hydroxyl groups excluding tert-OH is 1. The van der Waals surface area contributed by atoms with E-state index in [1.54, 1.807) is 26.4 Å². The highest BCUT2D eigenvalue weighted by atomic mass is 32.2. The first-order chi connectivity index (χ1) is 18.8. The molecule has 0 saturated carbocycles. The van der Waals surface area contributed by atoms with Crippen LogP contribution in [0.4, 0.5) is 0 Å². The van der Waals surface area contributed by atoms with E-state index in [2.05, 4.69) is 0 Å². The molecule has 0 amide bonds. The van der Waals surface area contributed by atoms with Gasteiger partial charge in [-0.1, -0.05) is 72.3 Å². The summed E-state index contributed by atoms with van der Waals surface area (Å²) in [5.41, 5.74) is 2.19. The summed E-state index contributed by atoms with van der Waals surface area (Å²) in [4.78, 5) is 0.0244. The molecule has 0 spiro atoms. The zero-order chi connectivity index (χ0) is 27.9. The predicted molar refractivity (Wildman–Crippen MR) is 149 cm³/mol. The maximum atomic E-state index is 12.6. The predicted octanol–water partition coefficient (Wildman–Crippen LogP) is 5.09. The second-order valence-corrected chi connectivity index (χ2v) is 10.6. The second kappa shape index (κ2) is 12.4. The minimum absolute atomic E-state index is 0.0244. The van der Waals surface area contributed by atoms with Gasteiger partial charge in [0.1, 0.15) is 23.2 Å². The molecule has 0 bridgehead atoms. The maximum absolute atomic E-state index is 12.6. The summed E-state index contributed by atoms with van der Waals surface area (Å²) >= 11 is 0. The lowest BCUT2D eigenvalue weighted by atomic mass is 9.80. The van der Waals surface area contributed by atoms with Crippen LogP contribution < -0.4 is 9.47 Å². The molecule has 1 unspecified atom stereocenters. The SMILES string of the molecule is COc1ccc(C(OCC(O)COS(=O)(=O)c2ccc(C)cc2)(c2ccccc2)c2ccc(OC)cc2)cc1. The molecule has 0 radical (unpaired) electrons. The second-order valence-electron chi connectivity index (χ2n) is 9.02. The molecule has 0 aliphatic carbocycles. The van der Waals surface area contributed by atoms with Crippen LogP contribution in [0.2, 0.25) is 0 Å². The number of aliphatic hydroxyl groups is 1. The van der Waals surface area contributed by atoms with Crippen molar-refractivity contribution in [2.75, 3.05) is 27.4 Å². The van der Waals surface area contributed by atoms with Crippen molar-refractivity contribution in [2.45, 2.75) is 23.5 Å². The Bertz CT molecular complexity index is 1390. The largest absolute Gasteiger partial charge is 0.497 e. The van der Waals surface area contributed by atoms with E-state index in [4.69, 9.17) is 18.4 Å². The molecule has 1 atom stereocenters. The van der Waals surface area contributed by atoms with Crippen LogP contribution in [0, 0.1) is 6.92 Å². The number of hydrogen-bond acceptors (Lipinski definition) is 7. The number of benzene rings is 4. The highest BCUT2D eigenvalue weighted by molar-refractivity contribution is 7.86. The van der Waals surface area contributed by atoms with Gasteiger partial charge in [0, 0.05) is 0 Å². The first-order valence-corrected chi connectivity index (χ1v) is 13.8. The Kier molecular flexibility index (Phi) is 9.04. The summed E-state index contributed by atoms with van der Waals surface area (Å²) < 4.78 is 47.7. The minimum Gasteiger partial charge on any atom is -0.497 e. The van der Waals surface area contributed by atoms with Gasteiger partial charge in [-0.2, -0.15) is 8.42 Å².